The molecule has 1 atom stereocenters. The summed E-state index contributed by atoms with van der Waals surface area (Å²) in [4.78, 5) is 16.5. The van der Waals surface area contributed by atoms with Crippen molar-refractivity contribution in [1.29, 1.82) is 0 Å². The number of amides is 1. The van der Waals surface area contributed by atoms with Gasteiger partial charge in [0.05, 0.1) is 11.7 Å². The number of hydrogen-bond donors (Lipinski definition) is 2. The Labute approximate surface area is 121 Å². The maximum Gasteiger partial charge on any atom is 0.237 e. The first-order valence-electron chi connectivity index (χ1n) is 7.67. The number of carbonyl (C=O) groups is 1. The van der Waals surface area contributed by atoms with E-state index in [1.807, 2.05) is 13.0 Å². The molecule has 0 aliphatic heterocycles. The van der Waals surface area contributed by atoms with Crippen molar-refractivity contribution in [2.45, 2.75) is 64.6 Å². The van der Waals surface area contributed by atoms with E-state index in [0.717, 1.165) is 25.0 Å². The van der Waals surface area contributed by atoms with Crippen molar-refractivity contribution in [3.05, 3.63) is 29.6 Å². The van der Waals surface area contributed by atoms with Crippen LogP contribution in [-0.2, 0) is 17.8 Å². The van der Waals surface area contributed by atoms with Crippen LogP contribution in [0.5, 0.6) is 0 Å². The minimum Gasteiger partial charge on any atom is -0.352 e. The number of nitrogens with zero attached hydrogens (tertiary/aromatic N) is 1. The molecule has 110 valence electrons. The summed E-state index contributed by atoms with van der Waals surface area (Å²) in [5.41, 5.74) is 2.28. The van der Waals surface area contributed by atoms with Gasteiger partial charge in [-0.1, -0.05) is 25.8 Å². The van der Waals surface area contributed by atoms with Gasteiger partial charge in [0.15, 0.2) is 0 Å². The van der Waals surface area contributed by atoms with Crippen LogP contribution in [0.2, 0.25) is 0 Å². The summed E-state index contributed by atoms with van der Waals surface area (Å²) >= 11 is 0. The number of nitrogens with one attached hydrogen (secondary N) is 2. The SMILES string of the molecule is CCc1cccnc1CNC(C)C(=O)NC1CCCC1. The van der Waals surface area contributed by atoms with Gasteiger partial charge in [0.25, 0.3) is 0 Å². The monoisotopic (exact) mass is 275 g/mol. The van der Waals surface area contributed by atoms with Gasteiger partial charge in [-0.25, -0.2) is 0 Å². The molecule has 1 aromatic heterocycles. The summed E-state index contributed by atoms with van der Waals surface area (Å²) in [6.07, 6.45) is 7.49. The number of aromatic nitrogens is 1. The average Bonchev–Trinajstić information content (AvgIpc) is 2.97. The second-order valence-electron chi connectivity index (χ2n) is 5.56. The van der Waals surface area contributed by atoms with Crippen LogP contribution < -0.4 is 10.6 Å². The van der Waals surface area contributed by atoms with Crippen molar-refractivity contribution in [3.8, 4) is 0 Å². The van der Waals surface area contributed by atoms with Crippen LogP contribution in [0.3, 0.4) is 0 Å². The third-order valence-corrected chi connectivity index (χ3v) is 4.04. The van der Waals surface area contributed by atoms with Crippen LogP contribution in [0, 0.1) is 0 Å². The molecule has 1 unspecified atom stereocenters. The molecular weight excluding hydrogens is 250 g/mol. The van der Waals surface area contributed by atoms with E-state index < -0.39 is 0 Å². The first-order valence-corrected chi connectivity index (χ1v) is 7.67. The van der Waals surface area contributed by atoms with E-state index in [0.29, 0.717) is 12.6 Å². The van der Waals surface area contributed by atoms with Gasteiger partial charge in [-0.05, 0) is 37.8 Å². The van der Waals surface area contributed by atoms with E-state index in [9.17, 15) is 4.79 Å². The molecule has 2 N–H and O–H groups in total. The van der Waals surface area contributed by atoms with E-state index >= 15 is 0 Å². The van der Waals surface area contributed by atoms with E-state index in [2.05, 4.69) is 28.6 Å². The maximum atomic E-state index is 12.1. The van der Waals surface area contributed by atoms with Crippen molar-refractivity contribution in [3.63, 3.8) is 0 Å². The van der Waals surface area contributed by atoms with Crippen molar-refractivity contribution in [2.24, 2.45) is 0 Å². The van der Waals surface area contributed by atoms with E-state index in [4.69, 9.17) is 0 Å². The third kappa shape index (κ3) is 4.04. The summed E-state index contributed by atoms with van der Waals surface area (Å²) in [6, 6.07) is 4.25. The molecule has 1 amide bonds. The molecule has 2 rings (SSSR count). The fraction of sp³-hybridized carbons (Fsp3) is 0.625. The first-order chi connectivity index (χ1) is 9.70. The standard InChI is InChI=1S/C16H25N3O/c1-3-13-7-6-10-17-15(13)11-18-12(2)16(20)19-14-8-4-5-9-14/h6-7,10,12,14,18H,3-5,8-9,11H2,1-2H3,(H,19,20). The highest BCUT2D eigenvalue weighted by Crippen LogP contribution is 2.17. The lowest BCUT2D eigenvalue weighted by atomic mass is 10.1. The minimum atomic E-state index is -0.178. The van der Waals surface area contributed by atoms with Crippen molar-refractivity contribution in [2.75, 3.05) is 0 Å². The quantitative estimate of drug-likeness (QED) is 0.836. The lowest BCUT2D eigenvalue weighted by molar-refractivity contribution is -0.123. The van der Waals surface area contributed by atoms with Gasteiger partial charge in [-0.3, -0.25) is 9.78 Å². The van der Waals surface area contributed by atoms with Gasteiger partial charge in [0.2, 0.25) is 5.91 Å². The fourth-order valence-corrected chi connectivity index (χ4v) is 2.69. The molecule has 1 saturated carbocycles. The van der Waals surface area contributed by atoms with Gasteiger partial charge in [-0.15, -0.1) is 0 Å². The molecule has 1 aliphatic carbocycles. The van der Waals surface area contributed by atoms with Crippen LogP contribution >= 0.6 is 0 Å². The van der Waals surface area contributed by atoms with Gasteiger partial charge < -0.3 is 10.6 Å². The van der Waals surface area contributed by atoms with Crippen molar-refractivity contribution < 1.29 is 4.79 Å². The Morgan fingerprint density at radius 2 is 2.20 bits per heavy atom. The number of carbonyl (C=O) groups excluding carboxylic acids is 1. The maximum absolute atomic E-state index is 12.1. The molecule has 1 heterocycles. The van der Waals surface area contributed by atoms with Crippen molar-refractivity contribution in [1.82, 2.24) is 15.6 Å². The summed E-state index contributed by atoms with van der Waals surface area (Å²) in [7, 11) is 0. The Balaban J connectivity index is 1.81. The molecule has 0 saturated heterocycles. The summed E-state index contributed by atoms with van der Waals surface area (Å²) < 4.78 is 0. The average molecular weight is 275 g/mol. The van der Waals surface area contributed by atoms with Crippen LogP contribution in [0.25, 0.3) is 0 Å². The predicted molar refractivity (Wildman–Crippen MR) is 80.3 cm³/mol. The van der Waals surface area contributed by atoms with Crippen LogP contribution in [0.15, 0.2) is 18.3 Å². The number of pyridine rings is 1. The van der Waals surface area contributed by atoms with E-state index in [1.165, 1.54) is 18.4 Å². The fourth-order valence-electron chi connectivity index (χ4n) is 2.69. The second kappa shape index (κ2) is 7.39. The van der Waals surface area contributed by atoms with E-state index in [1.54, 1.807) is 6.20 Å². The van der Waals surface area contributed by atoms with Gasteiger partial charge >= 0.3 is 0 Å². The Morgan fingerprint density at radius 1 is 1.45 bits per heavy atom. The summed E-state index contributed by atoms with van der Waals surface area (Å²) in [5, 5.41) is 6.39. The first kappa shape index (κ1) is 15.0. The zero-order valence-corrected chi connectivity index (χ0v) is 12.5. The largest absolute Gasteiger partial charge is 0.352 e. The molecule has 1 aliphatic rings. The molecular formula is C16H25N3O. The number of rotatable bonds is 6. The third-order valence-electron chi connectivity index (χ3n) is 4.04. The van der Waals surface area contributed by atoms with Crippen LogP contribution in [0.1, 0.15) is 50.8 Å². The Bertz CT molecular complexity index is 441. The Kier molecular flexibility index (Phi) is 5.53. The highest BCUT2D eigenvalue weighted by Gasteiger charge is 2.20. The molecule has 0 aromatic carbocycles. The van der Waals surface area contributed by atoms with Gasteiger partial charge in [0.1, 0.15) is 0 Å². The molecule has 0 radical (unpaired) electrons. The molecule has 20 heavy (non-hydrogen) atoms. The topological polar surface area (TPSA) is 54.0 Å². The molecule has 0 bridgehead atoms. The Hall–Kier alpha value is -1.42. The zero-order chi connectivity index (χ0) is 14.4. The highest BCUT2D eigenvalue weighted by atomic mass is 16.2. The lowest BCUT2D eigenvalue weighted by Crippen LogP contribution is -2.45. The molecule has 4 nitrogen and oxygen atoms in total. The Morgan fingerprint density at radius 3 is 2.90 bits per heavy atom. The minimum absolute atomic E-state index is 0.103. The number of aryl methyl sites for hydroxylation is 1. The van der Waals surface area contributed by atoms with Crippen LogP contribution in [-0.4, -0.2) is 23.0 Å². The van der Waals surface area contributed by atoms with Crippen LogP contribution in [0.4, 0.5) is 0 Å². The van der Waals surface area contributed by atoms with E-state index in [-0.39, 0.29) is 11.9 Å². The molecule has 1 fully saturated rings. The van der Waals surface area contributed by atoms with Gasteiger partial charge in [0, 0.05) is 18.8 Å². The zero-order valence-electron chi connectivity index (χ0n) is 12.5. The van der Waals surface area contributed by atoms with Crippen molar-refractivity contribution >= 4 is 5.91 Å². The summed E-state index contributed by atoms with van der Waals surface area (Å²) in [6.45, 7) is 4.68. The second-order valence-corrected chi connectivity index (χ2v) is 5.56. The normalized spacial score (nSPS) is 17.1. The smallest absolute Gasteiger partial charge is 0.237 e. The summed E-state index contributed by atoms with van der Waals surface area (Å²) in [5.74, 6) is 0.103. The molecule has 4 heteroatoms. The molecule has 1 aromatic rings. The number of hydrogen-bond acceptors (Lipinski definition) is 3. The molecule has 0 spiro atoms. The highest BCUT2D eigenvalue weighted by molar-refractivity contribution is 5.81. The van der Waals surface area contributed by atoms with Gasteiger partial charge in [-0.2, -0.15) is 0 Å². The lowest BCUT2D eigenvalue weighted by Gasteiger charge is -2.18. The predicted octanol–water partition coefficient (Wildman–Crippen LogP) is 2.18.